The normalized spacial score (nSPS) is 19.9. The van der Waals surface area contributed by atoms with E-state index in [1.807, 2.05) is 19.2 Å². The molecule has 0 amide bonds. The van der Waals surface area contributed by atoms with Crippen LogP contribution in [0, 0.1) is 0 Å². The monoisotopic (exact) mass is 633 g/mol. The topological polar surface area (TPSA) is 152 Å². The molecule has 2 atom stereocenters. The van der Waals surface area contributed by atoms with Crippen molar-refractivity contribution in [1.29, 1.82) is 0 Å². The Hall–Kier alpha value is -2.85. The summed E-state index contributed by atoms with van der Waals surface area (Å²) in [5.41, 5.74) is 1.28. The van der Waals surface area contributed by atoms with Gasteiger partial charge >= 0.3 is 0 Å². The smallest absolute Gasteiger partial charge is 0.243 e. The van der Waals surface area contributed by atoms with Gasteiger partial charge in [0, 0.05) is 50.0 Å². The molecule has 234 valence electrons. The average Bonchev–Trinajstić information content (AvgIpc) is 3.67. The summed E-state index contributed by atoms with van der Waals surface area (Å²) >= 11 is 0. The van der Waals surface area contributed by atoms with Crippen molar-refractivity contribution >= 4 is 20.0 Å². The number of hydrogen-bond acceptors (Lipinski definition) is 9. The van der Waals surface area contributed by atoms with Gasteiger partial charge in [-0.25, -0.2) is 21.6 Å². The zero-order chi connectivity index (χ0) is 30.7. The minimum absolute atomic E-state index is 0.0102. The number of aromatic nitrogens is 2. The zero-order valence-electron chi connectivity index (χ0n) is 24.3. The predicted molar refractivity (Wildman–Crippen MR) is 161 cm³/mol. The number of sulfonamides is 2. The molecule has 2 fully saturated rings. The zero-order valence-corrected chi connectivity index (χ0v) is 26.0. The molecule has 12 nitrogen and oxygen atoms in total. The Labute approximate surface area is 253 Å². The predicted octanol–water partition coefficient (Wildman–Crippen LogP) is 1.82. The number of hydrogen-bond donors (Lipinski definition) is 3. The Kier molecular flexibility index (Phi) is 9.56. The summed E-state index contributed by atoms with van der Waals surface area (Å²) < 4.78 is 68.4. The first kappa shape index (κ1) is 31.6. The van der Waals surface area contributed by atoms with Gasteiger partial charge in [0.2, 0.25) is 20.0 Å². The van der Waals surface area contributed by atoms with E-state index >= 15 is 0 Å². The number of benzene rings is 2. The van der Waals surface area contributed by atoms with E-state index in [0.717, 1.165) is 24.1 Å². The highest BCUT2D eigenvalue weighted by atomic mass is 32.2. The number of nitrogens with one attached hydrogen (secondary N) is 2. The third kappa shape index (κ3) is 7.28. The van der Waals surface area contributed by atoms with Crippen molar-refractivity contribution in [1.82, 2.24) is 24.1 Å². The number of aliphatic hydroxyl groups excluding tert-OH is 1. The van der Waals surface area contributed by atoms with Crippen molar-refractivity contribution in [3.63, 3.8) is 0 Å². The van der Waals surface area contributed by atoms with Crippen LogP contribution in [0.4, 0.5) is 0 Å². The molecule has 1 aromatic heterocycles. The summed E-state index contributed by atoms with van der Waals surface area (Å²) in [7, 11) is -5.92. The molecule has 3 N–H and O–H groups in total. The van der Waals surface area contributed by atoms with Gasteiger partial charge in [0.25, 0.3) is 0 Å². The van der Waals surface area contributed by atoms with Crippen molar-refractivity contribution in [3.8, 4) is 16.9 Å². The summed E-state index contributed by atoms with van der Waals surface area (Å²) in [5.74, 6) is 0.347. The molecule has 14 heteroatoms. The lowest BCUT2D eigenvalue weighted by molar-refractivity contribution is -0.0312. The van der Waals surface area contributed by atoms with E-state index in [1.165, 1.54) is 23.5 Å². The molecule has 2 aliphatic rings. The van der Waals surface area contributed by atoms with Crippen molar-refractivity contribution in [2.75, 3.05) is 39.9 Å². The third-order valence-corrected chi connectivity index (χ3v) is 11.4. The van der Waals surface area contributed by atoms with Gasteiger partial charge in [-0.1, -0.05) is 18.2 Å². The fourth-order valence-corrected chi connectivity index (χ4v) is 7.78. The highest BCUT2D eigenvalue weighted by molar-refractivity contribution is 7.89. The van der Waals surface area contributed by atoms with Crippen LogP contribution in [0.5, 0.6) is 5.75 Å². The van der Waals surface area contributed by atoms with Crippen molar-refractivity contribution in [3.05, 3.63) is 60.9 Å². The Morgan fingerprint density at radius 2 is 1.84 bits per heavy atom. The summed E-state index contributed by atoms with van der Waals surface area (Å²) in [5, 5.41) is 18.1. The highest BCUT2D eigenvalue weighted by Crippen LogP contribution is 2.37. The maximum atomic E-state index is 13.5. The molecule has 2 aliphatic heterocycles. The lowest BCUT2D eigenvalue weighted by Gasteiger charge is -2.38. The summed E-state index contributed by atoms with van der Waals surface area (Å²) in [6.07, 6.45) is 4.72. The van der Waals surface area contributed by atoms with Gasteiger partial charge in [0.15, 0.2) is 0 Å². The lowest BCUT2D eigenvalue weighted by atomic mass is 9.88. The summed E-state index contributed by atoms with van der Waals surface area (Å²) in [6, 6.07) is 13.1. The lowest BCUT2D eigenvalue weighted by Crippen LogP contribution is -2.47. The molecular formula is C29H39N5O7S2. The second-order valence-corrected chi connectivity index (χ2v) is 14.8. The molecular weight excluding hydrogens is 594 g/mol. The molecule has 2 saturated heterocycles. The first-order valence-electron chi connectivity index (χ1n) is 14.4. The van der Waals surface area contributed by atoms with Crippen LogP contribution in [-0.2, 0) is 31.3 Å². The molecule has 0 aliphatic carbocycles. The van der Waals surface area contributed by atoms with E-state index in [9.17, 15) is 21.9 Å². The molecule has 1 spiro atoms. The number of rotatable bonds is 12. The van der Waals surface area contributed by atoms with Crippen molar-refractivity contribution < 1.29 is 31.4 Å². The number of aryl methyl sites for hydroxylation is 1. The maximum Gasteiger partial charge on any atom is 0.243 e. The van der Waals surface area contributed by atoms with Crippen LogP contribution in [0.1, 0.15) is 26.2 Å². The summed E-state index contributed by atoms with van der Waals surface area (Å²) in [6.45, 7) is 4.20. The standard InChI is InChI=1S/C29H39N5O7S2/c1-3-33-19-23(17-32-33)22-6-4-9-28(14-22)43(38,39)34-12-10-29(11-13-34)16-24(20-41-29)31-18-25(35)21-40-26-7-5-8-27(15-26)42(36,37)30-2/h4-9,14-15,17,19,24-25,30-31,35H,3,10-13,16,18,20-21H2,1-2H3/t24-,25-/m0/s1. The Bertz CT molecular complexity index is 1620. The minimum atomic E-state index is -3.66. The molecule has 0 bridgehead atoms. The van der Waals surface area contributed by atoms with E-state index < -0.39 is 31.8 Å². The van der Waals surface area contributed by atoms with Gasteiger partial charge in [-0.15, -0.1) is 0 Å². The van der Waals surface area contributed by atoms with Crippen LogP contribution in [0.15, 0.2) is 70.7 Å². The minimum Gasteiger partial charge on any atom is -0.491 e. The van der Waals surface area contributed by atoms with Crippen LogP contribution < -0.4 is 14.8 Å². The average molecular weight is 634 g/mol. The van der Waals surface area contributed by atoms with Gasteiger partial charge < -0.3 is 19.9 Å². The number of aliphatic hydroxyl groups is 1. The van der Waals surface area contributed by atoms with Crippen molar-refractivity contribution in [2.24, 2.45) is 0 Å². The van der Waals surface area contributed by atoms with E-state index in [0.29, 0.717) is 38.3 Å². The van der Waals surface area contributed by atoms with Gasteiger partial charge in [-0.3, -0.25) is 4.68 Å². The molecule has 5 rings (SSSR count). The largest absolute Gasteiger partial charge is 0.491 e. The van der Waals surface area contributed by atoms with Gasteiger partial charge in [0.1, 0.15) is 18.5 Å². The van der Waals surface area contributed by atoms with E-state index in [4.69, 9.17) is 9.47 Å². The quantitative estimate of drug-likeness (QED) is 0.271. The first-order valence-corrected chi connectivity index (χ1v) is 17.3. The van der Waals surface area contributed by atoms with Gasteiger partial charge in [0.05, 0.1) is 28.2 Å². The van der Waals surface area contributed by atoms with Crippen molar-refractivity contribution in [2.45, 2.75) is 60.3 Å². The highest BCUT2D eigenvalue weighted by Gasteiger charge is 2.44. The maximum absolute atomic E-state index is 13.5. The van der Waals surface area contributed by atoms with Gasteiger partial charge in [-0.05, 0) is 63.1 Å². The Morgan fingerprint density at radius 3 is 2.56 bits per heavy atom. The fraction of sp³-hybridized carbons (Fsp3) is 0.483. The molecule has 2 aromatic carbocycles. The molecule has 0 radical (unpaired) electrons. The molecule has 43 heavy (non-hydrogen) atoms. The van der Waals surface area contributed by atoms with Gasteiger partial charge in [-0.2, -0.15) is 9.40 Å². The van der Waals surface area contributed by atoms with Crippen LogP contribution in [-0.4, -0.2) is 93.7 Å². The second kappa shape index (κ2) is 13.0. The number of piperidine rings is 1. The number of nitrogens with zero attached hydrogens (tertiary/aromatic N) is 3. The first-order chi connectivity index (χ1) is 20.5. The van der Waals surface area contributed by atoms with Crippen LogP contribution in [0.25, 0.3) is 11.1 Å². The van der Waals surface area contributed by atoms with Crippen LogP contribution >= 0.6 is 0 Å². The van der Waals surface area contributed by atoms with E-state index in [1.54, 1.807) is 41.2 Å². The summed E-state index contributed by atoms with van der Waals surface area (Å²) in [4.78, 5) is 0.352. The molecule has 0 saturated carbocycles. The third-order valence-electron chi connectivity index (χ3n) is 8.07. The molecule has 0 unspecified atom stereocenters. The van der Waals surface area contributed by atoms with Crippen LogP contribution in [0.3, 0.4) is 0 Å². The molecule has 3 heterocycles. The Balaban J connectivity index is 1.10. The van der Waals surface area contributed by atoms with E-state index in [2.05, 4.69) is 15.1 Å². The number of ether oxygens (including phenoxy) is 2. The second-order valence-electron chi connectivity index (χ2n) is 11.0. The fourth-order valence-electron chi connectivity index (χ4n) is 5.53. The van der Waals surface area contributed by atoms with Crippen LogP contribution in [0.2, 0.25) is 0 Å². The molecule has 3 aromatic rings. The SMILES string of the molecule is CCn1cc(-c2cccc(S(=O)(=O)N3CCC4(CC3)C[C@H](NC[C@H](O)COc3cccc(S(=O)(=O)NC)c3)CO4)c2)cn1. The Morgan fingerprint density at radius 1 is 1.09 bits per heavy atom. The van der Waals surface area contributed by atoms with E-state index in [-0.39, 0.29) is 29.0 Å².